The molecule has 0 aliphatic rings. The Morgan fingerprint density at radius 1 is 1.04 bits per heavy atom. The van der Waals surface area contributed by atoms with E-state index >= 15 is 0 Å². The van der Waals surface area contributed by atoms with Crippen LogP contribution in [0, 0.1) is 0 Å². The van der Waals surface area contributed by atoms with Crippen molar-refractivity contribution in [2.24, 2.45) is 0 Å². The molecule has 2 aromatic carbocycles. The summed E-state index contributed by atoms with van der Waals surface area (Å²) in [6, 6.07) is 20.8. The Hall–Kier alpha value is -3.38. The Kier molecular flexibility index (Phi) is 6.38. The molecule has 6 heteroatoms. The van der Waals surface area contributed by atoms with Crippen molar-refractivity contribution in [3.05, 3.63) is 90.4 Å². The van der Waals surface area contributed by atoms with Crippen LogP contribution in [-0.4, -0.2) is 11.0 Å². The normalized spacial score (nSPS) is 10.5. The highest BCUT2D eigenvalue weighted by atomic mass is 32.1. The van der Waals surface area contributed by atoms with Gasteiger partial charge in [-0.1, -0.05) is 30.3 Å². The second-order valence-electron chi connectivity index (χ2n) is 5.59. The maximum Gasteiger partial charge on any atom is 0.250 e. The number of ether oxygens (including phenoxy) is 1. The van der Waals surface area contributed by atoms with Crippen molar-refractivity contribution in [3.8, 4) is 5.75 Å². The van der Waals surface area contributed by atoms with Gasteiger partial charge in [0.2, 0.25) is 5.91 Å². The first-order valence-electron chi connectivity index (χ1n) is 8.29. The molecule has 0 unspecified atom stereocenters. The Morgan fingerprint density at radius 2 is 1.81 bits per heavy atom. The van der Waals surface area contributed by atoms with Crippen LogP contribution in [0.5, 0.6) is 5.75 Å². The van der Waals surface area contributed by atoms with E-state index in [1.807, 2.05) is 54.6 Å². The molecule has 0 atom stereocenters. The third kappa shape index (κ3) is 6.13. The van der Waals surface area contributed by atoms with Crippen molar-refractivity contribution in [3.63, 3.8) is 0 Å². The smallest absolute Gasteiger partial charge is 0.250 e. The molecule has 2 N–H and O–H groups in total. The van der Waals surface area contributed by atoms with Crippen LogP contribution in [0.25, 0.3) is 6.08 Å². The van der Waals surface area contributed by atoms with E-state index in [-0.39, 0.29) is 11.0 Å². The van der Waals surface area contributed by atoms with Crippen LogP contribution in [0.15, 0.2) is 83.5 Å². The van der Waals surface area contributed by atoms with Crippen molar-refractivity contribution in [2.45, 2.75) is 6.61 Å². The first-order chi connectivity index (χ1) is 13.2. The molecule has 27 heavy (non-hydrogen) atoms. The molecule has 1 aromatic heterocycles. The van der Waals surface area contributed by atoms with E-state index in [2.05, 4.69) is 10.6 Å². The van der Waals surface area contributed by atoms with E-state index in [0.29, 0.717) is 12.4 Å². The summed E-state index contributed by atoms with van der Waals surface area (Å²) < 4.78 is 10.9. The van der Waals surface area contributed by atoms with Gasteiger partial charge in [-0.15, -0.1) is 0 Å². The first-order valence-corrected chi connectivity index (χ1v) is 8.70. The van der Waals surface area contributed by atoms with Crippen LogP contribution in [0.2, 0.25) is 0 Å². The first kappa shape index (κ1) is 18.4. The molecule has 3 rings (SSSR count). The summed E-state index contributed by atoms with van der Waals surface area (Å²) in [7, 11) is 0. The van der Waals surface area contributed by atoms with Crippen LogP contribution < -0.4 is 15.4 Å². The van der Waals surface area contributed by atoms with Crippen molar-refractivity contribution in [1.29, 1.82) is 0 Å². The molecule has 5 nitrogen and oxygen atoms in total. The second kappa shape index (κ2) is 9.35. The Balaban J connectivity index is 1.46. The molecule has 0 saturated carbocycles. The van der Waals surface area contributed by atoms with E-state index in [1.165, 1.54) is 12.3 Å². The number of hydrogen-bond acceptors (Lipinski definition) is 4. The van der Waals surface area contributed by atoms with Crippen molar-refractivity contribution < 1.29 is 13.9 Å². The lowest BCUT2D eigenvalue weighted by atomic mass is 10.2. The average molecular weight is 378 g/mol. The monoisotopic (exact) mass is 378 g/mol. The van der Waals surface area contributed by atoms with Gasteiger partial charge >= 0.3 is 0 Å². The van der Waals surface area contributed by atoms with Crippen molar-refractivity contribution in [1.82, 2.24) is 5.32 Å². The Bertz CT molecular complexity index is 904. The number of benzene rings is 2. The molecule has 0 saturated heterocycles. The highest BCUT2D eigenvalue weighted by Gasteiger charge is 2.03. The minimum absolute atomic E-state index is 0.210. The van der Waals surface area contributed by atoms with Gasteiger partial charge in [0.25, 0.3) is 0 Å². The lowest BCUT2D eigenvalue weighted by Crippen LogP contribution is -2.32. The van der Waals surface area contributed by atoms with Crippen LogP contribution in [0.1, 0.15) is 11.3 Å². The van der Waals surface area contributed by atoms with Gasteiger partial charge < -0.3 is 14.5 Å². The SMILES string of the molecule is O=C(/C=C/c1ccco1)NC(=S)Nc1ccc(OCc2ccccc2)cc1. The summed E-state index contributed by atoms with van der Waals surface area (Å²) in [4.78, 5) is 11.8. The van der Waals surface area contributed by atoms with Crippen molar-refractivity contribution in [2.75, 3.05) is 5.32 Å². The third-order valence-corrected chi connectivity index (χ3v) is 3.74. The highest BCUT2D eigenvalue weighted by molar-refractivity contribution is 7.80. The van der Waals surface area contributed by atoms with Gasteiger partial charge in [0, 0.05) is 11.8 Å². The molecule has 0 aliphatic heterocycles. The van der Waals surface area contributed by atoms with Gasteiger partial charge in [0.1, 0.15) is 18.1 Å². The third-order valence-electron chi connectivity index (χ3n) is 3.54. The Morgan fingerprint density at radius 3 is 2.52 bits per heavy atom. The van der Waals surface area contributed by atoms with Crippen molar-refractivity contribution >= 4 is 35.0 Å². The number of carbonyl (C=O) groups is 1. The quantitative estimate of drug-likeness (QED) is 0.492. The number of carbonyl (C=O) groups excluding carboxylic acids is 1. The number of furan rings is 1. The minimum atomic E-state index is -0.341. The molecule has 0 fully saturated rings. The number of hydrogen-bond donors (Lipinski definition) is 2. The molecule has 1 amide bonds. The highest BCUT2D eigenvalue weighted by Crippen LogP contribution is 2.17. The largest absolute Gasteiger partial charge is 0.489 e. The summed E-state index contributed by atoms with van der Waals surface area (Å²) in [5, 5.41) is 5.74. The molecule has 0 bridgehead atoms. The van der Waals surface area contributed by atoms with Gasteiger partial charge in [-0.25, -0.2) is 0 Å². The van der Waals surface area contributed by atoms with E-state index < -0.39 is 0 Å². The summed E-state index contributed by atoms with van der Waals surface area (Å²) in [6.45, 7) is 0.504. The zero-order valence-electron chi connectivity index (χ0n) is 14.4. The zero-order chi connectivity index (χ0) is 18.9. The maximum absolute atomic E-state index is 11.8. The fourth-order valence-electron chi connectivity index (χ4n) is 2.24. The predicted octanol–water partition coefficient (Wildman–Crippen LogP) is 4.39. The molecule has 0 spiro atoms. The summed E-state index contributed by atoms with van der Waals surface area (Å²) >= 11 is 5.14. The number of amides is 1. The van der Waals surface area contributed by atoms with Gasteiger partial charge in [0.15, 0.2) is 5.11 Å². The Labute approximate surface area is 162 Å². The van der Waals surface area contributed by atoms with Crippen LogP contribution in [0.3, 0.4) is 0 Å². The molecule has 0 radical (unpaired) electrons. The minimum Gasteiger partial charge on any atom is -0.489 e. The summed E-state index contributed by atoms with van der Waals surface area (Å²) in [5.74, 6) is 1.00. The molecule has 1 heterocycles. The standard InChI is InChI=1S/C21H18N2O3S/c24-20(13-12-18-7-4-14-25-18)23-21(27)22-17-8-10-19(11-9-17)26-15-16-5-2-1-3-6-16/h1-14H,15H2,(H2,22,23,24,27)/b13-12+. The zero-order valence-corrected chi connectivity index (χ0v) is 15.2. The molecule has 136 valence electrons. The van der Waals surface area contributed by atoms with Gasteiger partial charge in [0.05, 0.1) is 6.26 Å². The van der Waals surface area contributed by atoms with Gasteiger partial charge in [-0.3, -0.25) is 10.1 Å². The number of nitrogens with one attached hydrogen (secondary N) is 2. The molecule has 3 aromatic rings. The van der Waals surface area contributed by atoms with E-state index in [9.17, 15) is 4.79 Å². The fraction of sp³-hybridized carbons (Fsp3) is 0.0476. The average Bonchev–Trinajstić information content (AvgIpc) is 3.20. The lowest BCUT2D eigenvalue weighted by molar-refractivity contribution is -0.115. The fourth-order valence-corrected chi connectivity index (χ4v) is 2.45. The molecular weight excluding hydrogens is 360 g/mol. The maximum atomic E-state index is 11.8. The van der Waals surface area contributed by atoms with E-state index in [0.717, 1.165) is 17.0 Å². The number of thiocarbonyl (C=S) groups is 1. The lowest BCUT2D eigenvalue weighted by Gasteiger charge is -2.10. The summed E-state index contributed by atoms with van der Waals surface area (Å²) in [6.07, 6.45) is 4.46. The summed E-state index contributed by atoms with van der Waals surface area (Å²) in [5.41, 5.74) is 1.86. The number of rotatable bonds is 6. The second-order valence-corrected chi connectivity index (χ2v) is 6.00. The van der Waals surface area contributed by atoms with Gasteiger partial charge in [-0.05, 0) is 60.3 Å². The predicted molar refractivity (Wildman–Crippen MR) is 109 cm³/mol. The van der Waals surface area contributed by atoms with E-state index in [4.69, 9.17) is 21.4 Å². The van der Waals surface area contributed by atoms with Crippen LogP contribution in [-0.2, 0) is 11.4 Å². The van der Waals surface area contributed by atoms with Crippen LogP contribution >= 0.6 is 12.2 Å². The number of anilines is 1. The molecular formula is C21H18N2O3S. The topological polar surface area (TPSA) is 63.5 Å². The van der Waals surface area contributed by atoms with Gasteiger partial charge in [-0.2, -0.15) is 0 Å². The van der Waals surface area contributed by atoms with E-state index in [1.54, 1.807) is 18.2 Å². The van der Waals surface area contributed by atoms with Crippen LogP contribution in [0.4, 0.5) is 5.69 Å². The molecule has 0 aliphatic carbocycles.